The van der Waals surface area contributed by atoms with Gasteiger partial charge >= 0.3 is 0 Å². The van der Waals surface area contributed by atoms with Crippen molar-refractivity contribution in [1.82, 2.24) is 4.90 Å². The number of hydrogen-bond acceptors (Lipinski definition) is 3. The first kappa shape index (κ1) is 10.3. The summed E-state index contributed by atoms with van der Waals surface area (Å²) in [4.78, 5) is 4.97. The summed E-state index contributed by atoms with van der Waals surface area (Å²) < 4.78 is 0. The summed E-state index contributed by atoms with van der Waals surface area (Å²) in [6.07, 6.45) is 3.16. The minimum atomic E-state index is 0.252. The average Bonchev–Trinajstić information content (AvgIpc) is 2.60. The molecule has 5 nitrogen and oxygen atoms in total. The van der Waals surface area contributed by atoms with E-state index in [1.165, 1.54) is 6.42 Å². The molecule has 0 radical (unpaired) electrons. The van der Waals surface area contributed by atoms with Crippen LogP contribution in [0, 0.1) is 0 Å². The normalized spacial score (nSPS) is 23.0. The Kier molecular flexibility index (Phi) is 4.60. The van der Waals surface area contributed by atoms with Gasteiger partial charge in [-0.25, -0.2) is 0 Å². The van der Waals surface area contributed by atoms with Crippen LogP contribution in [0.25, 0.3) is 10.4 Å². The van der Waals surface area contributed by atoms with E-state index in [-0.39, 0.29) is 6.61 Å². The van der Waals surface area contributed by atoms with Crippen LogP contribution in [0.2, 0.25) is 0 Å². The predicted octanol–water partition coefficient (Wildman–Crippen LogP) is 1.14. The fourth-order valence-electron chi connectivity index (χ4n) is 1.79. The van der Waals surface area contributed by atoms with E-state index in [9.17, 15) is 0 Å². The van der Waals surface area contributed by atoms with Crippen molar-refractivity contribution in [2.24, 2.45) is 5.11 Å². The molecule has 5 heteroatoms. The largest absolute Gasteiger partial charge is 0.395 e. The Morgan fingerprint density at radius 3 is 3.15 bits per heavy atom. The molecule has 1 rings (SSSR count). The van der Waals surface area contributed by atoms with Gasteiger partial charge in [0.2, 0.25) is 0 Å². The minimum Gasteiger partial charge on any atom is -0.395 e. The zero-order valence-corrected chi connectivity index (χ0v) is 7.76. The Morgan fingerprint density at radius 2 is 2.46 bits per heavy atom. The Morgan fingerprint density at radius 1 is 1.62 bits per heavy atom. The predicted molar refractivity (Wildman–Crippen MR) is 50.3 cm³/mol. The highest BCUT2D eigenvalue weighted by Gasteiger charge is 2.22. The number of aliphatic hydroxyl groups excluding tert-OH is 1. The van der Waals surface area contributed by atoms with E-state index >= 15 is 0 Å². The average molecular weight is 184 g/mol. The molecule has 1 atom stereocenters. The van der Waals surface area contributed by atoms with E-state index in [2.05, 4.69) is 14.9 Å². The van der Waals surface area contributed by atoms with Crippen LogP contribution < -0.4 is 0 Å². The molecule has 1 saturated heterocycles. The molecular formula is C8H16N4O. The van der Waals surface area contributed by atoms with Gasteiger partial charge in [0.05, 0.1) is 6.61 Å². The lowest BCUT2D eigenvalue weighted by Gasteiger charge is -2.21. The Hall–Kier alpha value is -0.770. The van der Waals surface area contributed by atoms with Crippen LogP contribution in [-0.4, -0.2) is 42.3 Å². The SMILES string of the molecule is [N-]=[N+]=NCCCN1CCCC1CO. The molecule has 0 aromatic heterocycles. The zero-order valence-electron chi connectivity index (χ0n) is 7.76. The van der Waals surface area contributed by atoms with Crippen LogP contribution in [0.5, 0.6) is 0 Å². The molecule has 1 aliphatic heterocycles. The lowest BCUT2D eigenvalue weighted by atomic mass is 10.2. The third kappa shape index (κ3) is 3.22. The van der Waals surface area contributed by atoms with E-state index in [0.29, 0.717) is 12.6 Å². The fraction of sp³-hybridized carbons (Fsp3) is 1.00. The second-order valence-electron chi connectivity index (χ2n) is 3.32. The van der Waals surface area contributed by atoms with Crippen LogP contribution in [0.15, 0.2) is 5.11 Å². The highest BCUT2D eigenvalue weighted by Crippen LogP contribution is 2.16. The van der Waals surface area contributed by atoms with E-state index in [4.69, 9.17) is 10.6 Å². The lowest BCUT2D eigenvalue weighted by Crippen LogP contribution is -2.33. The summed E-state index contributed by atoms with van der Waals surface area (Å²) in [7, 11) is 0. The summed E-state index contributed by atoms with van der Waals surface area (Å²) in [5.74, 6) is 0. The smallest absolute Gasteiger partial charge is 0.0586 e. The lowest BCUT2D eigenvalue weighted by molar-refractivity contribution is 0.158. The van der Waals surface area contributed by atoms with Crippen molar-refractivity contribution in [3.05, 3.63) is 10.4 Å². The molecule has 0 spiro atoms. The molecule has 1 heterocycles. The van der Waals surface area contributed by atoms with Gasteiger partial charge in [-0.3, -0.25) is 4.90 Å². The quantitative estimate of drug-likeness (QED) is 0.301. The zero-order chi connectivity index (χ0) is 9.52. The van der Waals surface area contributed by atoms with Gasteiger partial charge in [0.1, 0.15) is 0 Å². The van der Waals surface area contributed by atoms with Gasteiger partial charge in [-0.15, -0.1) is 0 Å². The third-order valence-corrected chi connectivity index (χ3v) is 2.48. The second-order valence-corrected chi connectivity index (χ2v) is 3.32. The minimum absolute atomic E-state index is 0.252. The van der Waals surface area contributed by atoms with Gasteiger partial charge in [-0.1, -0.05) is 5.11 Å². The topological polar surface area (TPSA) is 72.2 Å². The third-order valence-electron chi connectivity index (χ3n) is 2.48. The summed E-state index contributed by atoms with van der Waals surface area (Å²) in [5.41, 5.74) is 8.06. The summed E-state index contributed by atoms with van der Waals surface area (Å²) in [5, 5.41) is 12.5. The molecule has 0 saturated carbocycles. The molecule has 0 aromatic carbocycles. The number of aliphatic hydroxyl groups is 1. The van der Waals surface area contributed by atoms with Gasteiger partial charge < -0.3 is 5.11 Å². The number of nitrogens with zero attached hydrogens (tertiary/aromatic N) is 4. The summed E-state index contributed by atoms with van der Waals surface area (Å²) in [6.45, 7) is 2.82. The first-order chi connectivity index (χ1) is 6.38. The Bertz CT molecular complexity index is 191. The molecule has 0 aliphatic carbocycles. The second kappa shape index (κ2) is 5.80. The van der Waals surface area contributed by atoms with Crippen LogP contribution in [0.3, 0.4) is 0 Å². The fourth-order valence-corrected chi connectivity index (χ4v) is 1.79. The van der Waals surface area contributed by atoms with Crippen LogP contribution in [0.1, 0.15) is 19.3 Å². The molecular weight excluding hydrogens is 168 g/mol. The molecule has 1 N–H and O–H groups in total. The van der Waals surface area contributed by atoms with Crippen molar-refractivity contribution in [2.45, 2.75) is 25.3 Å². The summed E-state index contributed by atoms with van der Waals surface area (Å²) >= 11 is 0. The molecule has 13 heavy (non-hydrogen) atoms. The first-order valence-corrected chi connectivity index (χ1v) is 4.74. The molecule has 1 aliphatic rings. The van der Waals surface area contributed by atoms with Crippen molar-refractivity contribution >= 4 is 0 Å². The molecule has 74 valence electrons. The van der Waals surface area contributed by atoms with E-state index in [0.717, 1.165) is 25.9 Å². The Balaban J connectivity index is 2.16. The van der Waals surface area contributed by atoms with Gasteiger partial charge in [-0.05, 0) is 37.9 Å². The van der Waals surface area contributed by atoms with Crippen molar-refractivity contribution in [3.8, 4) is 0 Å². The highest BCUT2D eigenvalue weighted by molar-refractivity contribution is 4.78. The van der Waals surface area contributed by atoms with E-state index in [1.54, 1.807) is 0 Å². The number of likely N-dealkylation sites (tertiary alicyclic amines) is 1. The monoisotopic (exact) mass is 184 g/mol. The summed E-state index contributed by atoms with van der Waals surface area (Å²) in [6, 6.07) is 0.339. The van der Waals surface area contributed by atoms with Gasteiger partial charge in [0.25, 0.3) is 0 Å². The first-order valence-electron chi connectivity index (χ1n) is 4.74. The molecule has 1 fully saturated rings. The van der Waals surface area contributed by atoms with Gasteiger partial charge in [0, 0.05) is 17.5 Å². The maximum Gasteiger partial charge on any atom is 0.0586 e. The van der Waals surface area contributed by atoms with Crippen molar-refractivity contribution in [1.29, 1.82) is 0 Å². The molecule has 0 bridgehead atoms. The number of rotatable bonds is 5. The van der Waals surface area contributed by atoms with Crippen LogP contribution in [-0.2, 0) is 0 Å². The van der Waals surface area contributed by atoms with Crippen molar-refractivity contribution < 1.29 is 5.11 Å². The van der Waals surface area contributed by atoms with E-state index < -0.39 is 0 Å². The molecule has 0 amide bonds. The van der Waals surface area contributed by atoms with Crippen LogP contribution in [0.4, 0.5) is 0 Å². The van der Waals surface area contributed by atoms with Gasteiger partial charge in [-0.2, -0.15) is 0 Å². The van der Waals surface area contributed by atoms with Crippen LogP contribution >= 0.6 is 0 Å². The standard InChI is InChI=1S/C8H16N4O/c9-11-10-4-2-6-12-5-1-3-8(12)7-13/h8,13H,1-7H2. The maximum atomic E-state index is 9.02. The molecule has 1 unspecified atom stereocenters. The molecule has 0 aromatic rings. The van der Waals surface area contributed by atoms with Gasteiger partial charge in [0.15, 0.2) is 0 Å². The maximum absolute atomic E-state index is 9.02. The number of hydrogen-bond donors (Lipinski definition) is 1. The van der Waals surface area contributed by atoms with Crippen molar-refractivity contribution in [3.63, 3.8) is 0 Å². The van der Waals surface area contributed by atoms with Crippen molar-refractivity contribution in [2.75, 3.05) is 26.2 Å². The number of azide groups is 1. The Labute approximate surface area is 78.0 Å². The highest BCUT2D eigenvalue weighted by atomic mass is 16.3. The van der Waals surface area contributed by atoms with E-state index in [1.807, 2.05) is 0 Å².